The topological polar surface area (TPSA) is 9.23 Å². The predicted molar refractivity (Wildman–Crippen MR) is 58.2 cm³/mol. The zero-order chi connectivity index (χ0) is 10.4. The van der Waals surface area contributed by atoms with E-state index in [9.17, 15) is 0 Å². The van der Waals surface area contributed by atoms with Crippen LogP contribution in [-0.4, -0.2) is 11.7 Å². The smallest absolute Gasteiger partial charge is 0.0948 e. The van der Waals surface area contributed by atoms with Crippen LogP contribution in [0.25, 0.3) is 0 Å². The van der Waals surface area contributed by atoms with Gasteiger partial charge in [-0.15, -0.1) is 5.73 Å². The molecule has 1 nitrogen and oxygen atoms in total. The van der Waals surface area contributed by atoms with Crippen LogP contribution < -0.4 is 0 Å². The van der Waals surface area contributed by atoms with E-state index in [1.807, 2.05) is 0 Å². The van der Waals surface area contributed by atoms with E-state index in [1.165, 1.54) is 18.4 Å². The highest BCUT2D eigenvalue weighted by Gasteiger charge is 2.57. The summed E-state index contributed by atoms with van der Waals surface area (Å²) in [5.41, 5.74) is 5.02. The maximum Gasteiger partial charge on any atom is 0.0948 e. The Labute approximate surface area is 86.8 Å². The molecule has 0 spiro atoms. The first-order chi connectivity index (χ1) is 6.50. The lowest BCUT2D eigenvalue weighted by Crippen LogP contribution is -2.31. The average molecular weight is 192 g/mol. The van der Waals surface area contributed by atoms with Gasteiger partial charge < -0.3 is 4.74 Å². The van der Waals surface area contributed by atoms with Gasteiger partial charge in [0.2, 0.25) is 0 Å². The summed E-state index contributed by atoms with van der Waals surface area (Å²) < 4.78 is 6.07. The molecule has 0 unspecified atom stereocenters. The Balaban J connectivity index is 2.45. The molecule has 78 valence electrons. The second-order valence-corrected chi connectivity index (χ2v) is 5.23. The fourth-order valence-corrected chi connectivity index (χ4v) is 2.92. The van der Waals surface area contributed by atoms with E-state index in [1.54, 1.807) is 0 Å². The van der Waals surface area contributed by atoms with Crippen molar-refractivity contribution in [3.05, 3.63) is 17.4 Å². The second kappa shape index (κ2) is 2.98. The van der Waals surface area contributed by atoms with E-state index in [2.05, 4.69) is 39.5 Å². The molecule has 2 bridgehead atoms. The zero-order valence-electron chi connectivity index (χ0n) is 9.68. The maximum atomic E-state index is 6.07. The summed E-state index contributed by atoms with van der Waals surface area (Å²) in [7, 11) is 0. The molecule has 2 atom stereocenters. The quantitative estimate of drug-likeness (QED) is 0.578. The van der Waals surface area contributed by atoms with Crippen molar-refractivity contribution in [2.75, 3.05) is 0 Å². The van der Waals surface area contributed by atoms with Gasteiger partial charge in [0.15, 0.2) is 0 Å². The molecule has 2 rings (SSSR count). The highest BCUT2D eigenvalue weighted by molar-refractivity contribution is 5.32. The van der Waals surface area contributed by atoms with Crippen LogP contribution in [0, 0.1) is 5.41 Å². The lowest BCUT2D eigenvalue weighted by Gasteiger charge is -2.31. The minimum Gasteiger partial charge on any atom is -0.366 e. The summed E-state index contributed by atoms with van der Waals surface area (Å²) in [6, 6.07) is 0. The van der Waals surface area contributed by atoms with Gasteiger partial charge in [-0.2, -0.15) is 0 Å². The van der Waals surface area contributed by atoms with Crippen molar-refractivity contribution in [3.8, 4) is 0 Å². The molecule has 0 aliphatic carbocycles. The zero-order valence-corrected chi connectivity index (χ0v) is 9.68. The van der Waals surface area contributed by atoms with E-state index in [-0.39, 0.29) is 11.0 Å². The predicted octanol–water partition coefficient (Wildman–Crippen LogP) is 3.46. The van der Waals surface area contributed by atoms with Crippen LogP contribution in [0.5, 0.6) is 0 Å². The average Bonchev–Trinajstić information content (AvgIpc) is 2.55. The van der Waals surface area contributed by atoms with E-state index in [0.29, 0.717) is 6.10 Å². The van der Waals surface area contributed by atoms with Crippen LogP contribution in [0.3, 0.4) is 0 Å². The Morgan fingerprint density at radius 1 is 1.50 bits per heavy atom. The van der Waals surface area contributed by atoms with Crippen molar-refractivity contribution in [1.29, 1.82) is 0 Å². The number of ether oxygens (including phenoxy) is 1. The molecule has 0 aromatic heterocycles. The molecule has 2 fully saturated rings. The molecule has 0 amide bonds. The van der Waals surface area contributed by atoms with Crippen LogP contribution in [-0.2, 0) is 4.74 Å². The standard InChI is InChI=1S/C13H20O/c1-5-6-7-10-12(2,3)11-8-9-13(10,4)14-11/h6,11H,5,8-9H2,1-4H3/t7?,11-,13+/m1/s1. The monoisotopic (exact) mass is 192 g/mol. The van der Waals surface area contributed by atoms with E-state index in [4.69, 9.17) is 4.74 Å². The van der Waals surface area contributed by atoms with Gasteiger partial charge in [0, 0.05) is 11.0 Å². The Morgan fingerprint density at radius 3 is 2.71 bits per heavy atom. The van der Waals surface area contributed by atoms with Crippen LogP contribution in [0.1, 0.15) is 47.0 Å². The maximum absolute atomic E-state index is 6.07. The SMILES string of the molecule is CCC=C=C1C(C)(C)[C@H]2CC[C@]1(C)O2. The molecule has 14 heavy (non-hydrogen) atoms. The molecular weight excluding hydrogens is 172 g/mol. The normalized spacial score (nSPS) is 38.6. The highest BCUT2D eigenvalue weighted by Crippen LogP contribution is 2.56. The molecule has 2 aliphatic rings. The van der Waals surface area contributed by atoms with Gasteiger partial charge in [-0.1, -0.05) is 20.8 Å². The Hall–Kier alpha value is -0.520. The van der Waals surface area contributed by atoms with Crippen LogP contribution >= 0.6 is 0 Å². The third-order valence-corrected chi connectivity index (χ3v) is 3.71. The largest absolute Gasteiger partial charge is 0.366 e. The number of hydrogen-bond donors (Lipinski definition) is 0. The van der Waals surface area contributed by atoms with Crippen molar-refractivity contribution in [1.82, 2.24) is 0 Å². The first-order valence-corrected chi connectivity index (χ1v) is 5.64. The van der Waals surface area contributed by atoms with Crippen molar-refractivity contribution in [2.24, 2.45) is 5.41 Å². The molecule has 1 heteroatoms. The van der Waals surface area contributed by atoms with Crippen molar-refractivity contribution in [2.45, 2.75) is 58.7 Å². The number of rotatable bonds is 1. The molecule has 2 heterocycles. The summed E-state index contributed by atoms with van der Waals surface area (Å²) in [5.74, 6) is 0. The second-order valence-electron chi connectivity index (χ2n) is 5.23. The van der Waals surface area contributed by atoms with Crippen LogP contribution in [0.2, 0.25) is 0 Å². The van der Waals surface area contributed by atoms with Crippen molar-refractivity contribution >= 4 is 0 Å². The summed E-state index contributed by atoms with van der Waals surface area (Å²) in [4.78, 5) is 0. The minimum atomic E-state index is -0.0141. The minimum absolute atomic E-state index is 0.0141. The van der Waals surface area contributed by atoms with Gasteiger partial charge >= 0.3 is 0 Å². The van der Waals surface area contributed by atoms with Crippen LogP contribution in [0.15, 0.2) is 17.4 Å². The number of fused-ring (bicyclic) bond motifs is 2. The van der Waals surface area contributed by atoms with Gasteiger partial charge in [-0.05, 0) is 32.3 Å². The van der Waals surface area contributed by atoms with Gasteiger partial charge in [-0.25, -0.2) is 0 Å². The first kappa shape index (κ1) is 10.0. The van der Waals surface area contributed by atoms with Crippen molar-refractivity contribution in [3.63, 3.8) is 0 Å². The summed E-state index contributed by atoms with van der Waals surface area (Å²) in [5, 5.41) is 0. The van der Waals surface area contributed by atoms with Gasteiger partial charge in [0.25, 0.3) is 0 Å². The van der Waals surface area contributed by atoms with E-state index < -0.39 is 0 Å². The molecule has 2 aliphatic heterocycles. The Bertz CT molecular complexity index is 300. The summed E-state index contributed by atoms with van der Waals surface area (Å²) in [6.45, 7) is 8.94. The molecule has 0 N–H and O–H groups in total. The summed E-state index contributed by atoms with van der Waals surface area (Å²) >= 11 is 0. The van der Waals surface area contributed by atoms with Gasteiger partial charge in [0.05, 0.1) is 11.7 Å². The molecule has 0 aromatic carbocycles. The molecule has 0 aromatic rings. The van der Waals surface area contributed by atoms with E-state index >= 15 is 0 Å². The van der Waals surface area contributed by atoms with Gasteiger partial charge in [-0.3, -0.25) is 0 Å². The van der Waals surface area contributed by atoms with Crippen LogP contribution in [0.4, 0.5) is 0 Å². The number of hydrogen-bond acceptors (Lipinski definition) is 1. The molecule has 0 radical (unpaired) electrons. The first-order valence-electron chi connectivity index (χ1n) is 5.64. The summed E-state index contributed by atoms with van der Waals surface area (Å²) in [6.07, 6.45) is 5.98. The third-order valence-electron chi connectivity index (χ3n) is 3.71. The Kier molecular flexibility index (Phi) is 2.13. The molecule has 0 saturated carbocycles. The fourth-order valence-electron chi connectivity index (χ4n) is 2.92. The highest BCUT2D eigenvalue weighted by atomic mass is 16.5. The van der Waals surface area contributed by atoms with E-state index in [0.717, 1.165) is 6.42 Å². The van der Waals surface area contributed by atoms with Gasteiger partial charge in [0.1, 0.15) is 0 Å². The lowest BCUT2D eigenvalue weighted by molar-refractivity contribution is 0.0233. The van der Waals surface area contributed by atoms with Crippen molar-refractivity contribution < 1.29 is 4.74 Å². The Morgan fingerprint density at radius 2 is 2.21 bits per heavy atom. The fraction of sp³-hybridized carbons (Fsp3) is 0.769. The lowest BCUT2D eigenvalue weighted by atomic mass is 9.69. The third kappa shape index (κ3) is 1.20. The molecule has 2 saturated heterocycles. The molecular formula is C13H20O.